The van der Waals surface area contributed by atoms with E-state index in [1.54, 1.807) is 42.5 Å². The maximum Gasteiger partial charge on any atom is 0.354 e. The summed E-state index contributed by atoms with van der Waals surface area (Å²) in [4.78, 5) is 23.8. The van der Waals surface area contributed by atoms with Crippen molar-refractivity contribution in [3.05, 3.63) is 60.7 Å². The lowest BCUT2D eigenvalue weighted by Gasteiger charge is -2.04. The Balaban J connectivity index is 1.83. The van der Waals surface area contributed by atoms with Gasteiger partial charge in [-0.1, -0.05) is 6.58 Å². The van der Waals surface area contributed by atoms with Crippen molar-refractivity contribution in [3.8, 4) is 21.9 Å². The molecule has 0 aliphatic rings. The van der Waals surface area contributed by atoms with Gasteiger partial charge in [-0.2, -0.15) is 0 Å². The second-order valence-electron chi connectivity index (χ2n) is 5.57. The predicted octanol–water partition coefficient (Wildman–Crippen LogP) is 4.60. The maximum absolute atomic E-state index is 11.5. The summed E-state index contributed by atoms with van der Waals surface area (Å²) in [6, 6.07) is 14.6. The molecule has 0 saturated heterocycles. The average Bonchev–Trinajstić information content (AvgIpc) is 3.05. The molecule has 0 spiro atoms. The van der Waals surface area contributed by atoms with Gasteiger partial charge in [0.05, 0.1) is 0 Å². The van der Waals surface area contributed by atoms with E-state index < -0.39 is 11.9 Å². The molecule has 0 aliphatic carbocycles. The first-order chi connectivity index (χ1) is 12.5. The number of esters is 2. The number of carbonyl (C=O) groups is 2. The minimum Gasteiger partial charge on any atom is -0.423 e. The predicted molar refractivity (Wildman–Crippen MR) is 102 cm³/mol. The first-order valence-corrected chi connectivity index (χ1v) is 8.52. The van der Waals surface area contributed by atoms with Gasteiger partial charge in [-0.15, -0.1) is 11.3 Å². The van der Waals surface area contributed by atoms with Crippen LogP contribution in [0.25, 0.3) is 20.5 Å². The number of benzene rings is 2. The van der Waals surface area contributed by atoms with Crippen molar-refractivity contribution in [2.45, 2.75) is 6.92 Å². The normalized spacial score (nSPS) is 10.3. The maximum atomic E-state index is 11.5. The summed E-state index contributed by atoms with van der Waals surface area (Å²) >= 11 is 1.55. The number of nitrogens with one attached hydrogen (secondary N) is 1. The van der Waals surface area contributed by atoms with Crippen LogP contribution in [-0.2, 0) is 9.59 Å². The zero-order valence-electron chi connectivity index (χ0n) is 13.9. The van der Waals surface area contributed by atoms with Gasteiger partial charge in [0.25, 0.3) is 0 Å². The van der Waals surface area contributed by atoms with E-state index in [0.29, 0.717) is 23.3 Å². The molecule has 0 saturated carbocycles. The molecule has 1 aromatic heterocycles. The second kappa shape index (κ2) is 7.33. The molecule has 130 valence electrons. The fourth-order valence-corrected chi connectivity index (χ4v) is 3.34. The largest absolute Gasteiger partial charge is 0.423 e. The van der Waals surface area contributed by atoms with Crippen molar-refractivity contribution in [2.24, 2.45) is 0 Å². The molecule has 0 radical (unpaired) electrons. The van der Waals surface area contributed by atoms with Gasteiger partial charge < -0.3 is 14.9 Å². The van der Waals surface area contributed by atoms with Crippen molar-refractivity contribution in [1.82, 2.24) is 0 Å². The monoisotopic (exact) mass is 365 g/mol. The summed E-state index contributed by atoms with van der Waals surface area (Å²) in [5, 5.41) is 7.91. The standard InChI is InChI=1S/C20H15NO4S/c1-12(2)20(23)25-15-6-3-13(4-7-15)17-9-14-5-8-16(10-18(14)26-17)24-19(22)11-21/h3-11,21H,1H2,2H3. The molecule has 1 N–H and O–H groups in total. The number of carbonyl (C=O) groups excluding carboxylic acids is 2. The number of hydrogen-bond donors (Lipinski definition) is 1. The van der Waals surface area contributed by atoms with Gasteiger partial charge in [0.15, 0.2) is 0 Å². The third-order valence-corrected chi connectivity index (χ3v) is 4.67. The summed E-state index contributed by atoms with van der Waals surface area (Å²) in [5.41, 5.74) is 1.33. The fourth-order valence-electron chi connectivity index (χ4n) is 2.24. The SMILES string of the molecule is C=C(C)C(=O)Oc1ccc(-c2cc3ccc(OC(=O)C=N)cc3s2)cc1. The molecule has 0 atom stereocenters. The van der Waals surface area contributed by atoms with Crippen LogP contribution in [0.1, 0.15) is 6.92 Å². The summed E-state index contributed by atoms with van der Waals surface area (Å²) < 4.78 is 11.2. The Hall–Kier alpha value is -3.25. The van der Waals surface area contributed by atoms with Crippen molar-refractivity contribution in [2.75, 3.05) is 0 Å². The van der Waals surface area contributed by atoms with E-state index in [1.165, 1.54) is 0 Å². The summed E-state index contributed by atoms with van der Waals surface area (Å²) in [7, 11) is 0. The molecule has 1 heterocycles. The number of fused-ring (bicyclic) bond motifs is 1. The van der Waals surface area contributed by atoms with Gasteiger partial charge in [-0.25, -0.2) is 9.59 Å². The minimum atomic E-state index is -0.707. The molecule has 0 unspecified atom stereocenters. The van der Waals surface area contributed by atoms with Gasteiger partial charge in [0.1, 0.15) is 17.7 Å². The van der Waals surface area contributed by atoms with Crippen molar-refractivity contribution in [3.63, 3.8) is 0 Å². The molecular formula is C20H15NO4S. The topological polar surface area (TPSA) is 76.5 Å². The van der Waals surface area contributed by atoms with Crippen LogP contribution in [0.15, 0.2) is 60.7 Å². The molecule has 3 aromatic rings. The Labute approximate surface area is 154 Å². The lowest BCUT2D eigenvalue weighted by molar-refractivity contribution is -0.130. The van der Waals surface area contributed by atoms with Crippen LogP contribution in [0, 0.1) is 5.41 Å². The highest BCUT2D eigenvalue weighted by Crippen LogP contribution is 2.36. The van der Waals surface area contributed by atoms with Gasteiger partial charge in [0.2, 0.25) is 0 Å². The Bertz CT molecular complexity index is 1020. The van der Waals surface area contributed by atoms with Crippen LogP contribution in [0.5, 0.6) is 11.5 Å². The molecular weight excluding hydrogens is 350 g/mol. The molecule has 0 bridgehead atoms. The molecule has 0 amide bonds. The molecule has 26 heavy (non-hydrogen) atoms. The minimum absolute atomic E-state index is 0.345. The van der Waals surface area contributed by atoms with Crippen LogP contribution < -0.4 is 9.47 Å². The average molecular weight is 365 g/mol. The number of ether oxygens (including phenoxy) is 2. The quantitative estimate of drug-likeness (QED) is 0.310. The molecule has 5 nitrogen and oxygen atoms in total. The molecule has 0 aliphatic heterocycles. The van der Waals surface area contributed by atoms with E-state index in [2.05, 4.69) is 6.58 Å². The first-order valence-electron chi connectivity index (χ1n) is 7.70. The van der Waals surface area contributed by atoms with Crippen molar-refractivity contribution >= 4 is 39.6 Å². The fraction of sp³-hybridized carbons (Fsp3) is 0.0500. The zero-order chi connectivity index (χ0) is 18.7. The van der Waals surface area contributed by atoms with Gasteiger partial charge >= 0.3 is 11.9 Å². The highest BCUT2D eigenvalue weighted by atomic mass is 32.1. The lowest BCUT2D eigenvalue weighted by Crippen LogP contribution is -2.07. The van der Waals surface area contributed by atoms with Crippen LogP contribution in [0.3, 0.4) is 0 Å². The third kappa shape index (κ3) is 3.87. The molecule has 0 fully saturated rings. The highest BCUT2D eigenvalue weighted by molar-refractivity contribution is 7.22. The Morgan fingerprint density at radius 3 is 2.38 bits per heavy atom. The van der Waals surface area contributed by atoms with Gasteiger partial charge in [-0.3, -0.25) is 0 Å². The lowest BCUT2D eigenvalue weighted by atomic mass is 10.1. The summed E-state index contributed by atoms with van der Waals surface area (Å²) in [6.45, 7) is 5.15. The summed E-state index contributed by atoms with van der Waals surface area (Å²) in [5.74, 6) is -0.294. The van der Waals surface area contributed by atoms with Crippen LogP contribution in [-0.4, -0.2) is 18.2 Å². The Morgan fingerprint density at radius 1 is 1.04 bits per heavy atom. The van der Waals surface area contributed by atoms with Crippen LogP contribution in [0.4, 0.5) is 0 Å². The Kier molecular flexibility index (Phi) is 4.95. The number of thiophene rings is 1. The summed E-state index contributed by atoms with van der Waals surface area (Å²) in [6.07, 6.45) is 0.631. The van der Waals surface area contributed by atoms with Crippen LogP contribution >= 0.6 is 11.3 Å². The first kappa shape index (κ1) is 17.6. The Morgan fingerprint density at radius 2 is 1.73 bits per heavy atom. The molecule has 6 heteroatoms. The number of hydrogen-bond acceptors (Lipinski definition) is 6. The number of rotatable bonds is 5. The van der Waals surface area contributed by atoms with Gasteiger partial charge in [0, 0.05) is 15.2 Å². The second-order valence-corrected chi connectivity index (χ2v) is 6.65. The van der Waals surface area contributed by atoms with Crippen LogP contribution in [0.2, 0.25) is 0 Å². The zero-order valence-corrected chi connectivity index (χ0v) is 14.8. The van der Waals surface area contributed by atoms with Crippen molar-refractivity contribution in [1.29, 1.82) is 5.41 Å². The van der Waals surface area contributed by atoms with Gasteiger partial charge in [-0.05, 0) is 66.4 Å². The molecule has 2 aromatic carbocycles. The highest BCUT2D eigenvalue weighted by Gasteiger charge is 2.09. The van der Waals surface area contributed by atoms with E-state index in [9.17, 15) is 9.59 Å². The van der Waals surface area contributed by atoms with E-state index in [1.807, 2.05) is 24.3 Å². The smallest absolute Gasteiger partial charge is 0.354 e. The van der Waals surface area contributed by atoms with E-state index in [4.69, 9.17) is 14.9 Å². The third-order valence-electron chi connectivity index (χ3n) is 3.53. The van der Waals surface area contributed by atoms with E-state index >= 15 is 0 Å². The van der Waals surface area contributed by atoms with E-state index in [0.717, 1.165) is 20.5 Å². The van der Waals surface area contributed by atoms with E-state index in [-0.39, 0.29) is 0 Å². The molecule has 3 rings (SSSR count). The van der Waals surface area contributed by atoms with Crippen molar-refractivity contribution < 1.29 is 19.1 Å².